The fourth-order valence-electron chi connectivity index (χ4n) is 4.12. The number of rotatable bonds is 5. The van der Waals surface area contributed by atoms with Crippen molar-refractivity contribution in [2.24, 2.45) is 0 Å². The number of hydrogen-bond acceptors (Lipinski definition) is 7. The molecule has 2 fully saturated rings. The number of nitrogens with zero attached hydrogens (tertiary/aromatic N) is 2. The topological polar surface area (TPSA) is 62.6 Å². The molecule has 2 saturated heterocycles. The molecule has 0 aromatic carbocycles. The van der Waals surface area contributed by atoms with Crippen molar-refractivity contribution in [2.75, 3.05) is 25.8 Å². The van der Waals surface area contributed by atoms with Gasteiger partial charge in [0.05, 0.1) is 30.7 Å². The summed E-state index contributed by atoms with van der Waals surface area (Å²) in [5.41, 5.74) is 1.36. The molecule has 146 valence electrons. The van der Waals surface area contributed by atoms with E-state index in [0.717, 1.165) is 72.9 Å². The number of thiophene rings is 1. The van der Waals surface area contributed by atoms with E-state index in [1.807, 2.05) is 4.57 Å². The second-order valence-corrected chi connectivity index (χ2v) is 9.47. The molecule has 3 aliphatic rings. The van der Waals surface area contributed by atoms with Crippen LogP contribution in [0.3, 0.4) is 0 Å². The van der Waals surface area contributed by atoms with Crippen molar-refractivity contribution in [2.45, 2.75) is 62.4 Å². The molecule has 0 saturated carbocycles. The minimum Gasteiger partial charge on any atom is -0.376 e. The van der Waals surface area contributed by atoms with Crippen molar-refractivity contribution in [3.8, 4) is 0 Å². The Morgan fingerprint density at radius 3 is 2.93 bits per heavy atom. The van der Waals surface area contributed by atoms with Gasteiger partial charge in [-0.05, 0) is 44.1 Å². The van der Waals surface area contributed by atoms with Gasteiger partial charge in [-0.25, -0.2) is 4.98 Å². The Morgan fingerprint density at radius 2 is 2.11 bits per heavy atom. The van der Waals surface area contributed by atoms with Crippen LogP contribution in [0, 0.1) is 0 Å². The molecular formula is C19H24N2O4S2. The quantitative estimate of drug-likeness (QED) is 0.560. The van der Waals surface area contributed by atoms with Gasteiger partial charge in [-0.1, -0.05) is 11.8 Å². The van der Waals surface area contributed by atoms with E-state index in [9.17, 15) is 4.79 Å². The highest BCUT2D eigenvalue weighted by molar-refractivity contribution is 7.99. The van der Waals surface area contributed by atoms with Gasteiger partial charge in [0, 0.05) is 17.2 Å². The smallest absolute Gasteiger partial charge is 0.263 e. The van der Waals surface area contributed by atoms with Crippen molar-refractivity contribution in [3.63, 3.8) is 0 Å². The summed E-state index contributed by atoms with van der Waals surface area (Å²) in [5, 5.41) is 1.66. The molecule has 0 amide bonds. The van der Waals surface area contributed by atoms with Gasteiger partial charge in [-0.15, -0.1) is 11.3 Å². The average molecular weight is 409 g/mol. The molecule has 4 heterocycles. The highest BCUT2D eigenvalue weighted by Gasteiger charge is 2.26. The molecule has 0 N–H and O–H groups in total. The maximum absolute atomic E-state index is 13.4. The lowest BCUT2D eigenvalue weighted by Gasteiger charge is -2.23. The van der Waals surface area contributed by atoms with Gasteiger partial charge < -0.3 is 14.2 Å². The van der Waals surface area contributed by atoms with Crippen LogP contribution >= 0.6 is 23.1 Å². The Hall–Kier alpha value is -0.930. The minimum atomic E-state index is 0.116. The largest absolute Gasteiger partial charge is 0.376 e. The van der Waals surface area contributed by atoms with Gasteiger partial charge in [-0.3, -0.25) is 9.36 Å². The Labute approximate surface area is 166 Å². The third-order valence-electron chi connectivity index (χ3n) is 5.57. The summed E-state index contributed by atoms with van der Waals surface area (Å²) in [6.07, 6.45) is 6.49. The number of thioether (sulfide) groups is 1. The van der Waals surface area contributed by atoms with Gasteiger partial charge >= 0.3 is 0 Å². The van der Waals surface area contributed by atoms with Crippen LogP contribution in [-0.2, 0) is 33.6 Å². The molecule has 2 aromatic rings. The second-order valence-electron chi connectivity index (χ2n) is 7.40. The van der Waals surface area contributed by atoms with E-state index in [1.54, 1.807) is 23.1 Å². The summed E-state index contributed by atoms with van der Waals surface area (Å²) in [5.74, 6) is 0.790. The lowest BCUT2D eigenvalue weighted by molar-refractivity contribution is -0.130. The molecule has 8 heteroatoms. The minimum absolute atomic E-state index is 0.116. The molecule has 5 rings (SSSR count). The molecule has 0 bridgehead atoms. The molecule has 2 aromatic heterocycles. The van der Waals surface area contributed by atoms with Gasteiger partial charge in [0.2, 0.25) is 0 Å². The Bertz CT molecular complexity index is 882. The fourth-order valence-corrected chi connectivity index (χ4v) is 6.50. The predicted octanol–water partition coefficient (Wildman–Crippen LogP) is 2.98. The second kappa shape index (κ2) is 7.83. The summed E-state index contributed by atoms with van der Waals surface area (Å²) >= 11 is 3.34. The summed E-state index contributed by atoms with van der Waals surface area (Å²) in [4.78, 5) is 20.6. The Kier molecular flexibility index (Phi) is 5.26. The van der Waals surface area contributed by atoms with Crippen LogP contribution in [0.5, 0.6) is 0 Å². The van der Waals surface area contributed by atoms with E-state index in [1.165, 1.54) is 10.4 Å². The first-order valence-electron chi connectivity index (χ1n) is 9.78. The van der Waals surface area contributed by atoms with Gasteiger partial charge in [0.25, 0.3) is 5.56 Å². The number of fused-ring (bicyclic) bond motifs is 3. The van der Waals surface area contributed by atoms with E-state index >= 15 is 0 Å². The normalized spacial score (nSPS) is 25.3. The fraction of sp³-hybridized carbons (Fsp3) is 0.684. The van der Waals surface area contributed by atoms with E-state index in [2.05, 4.69) is 0 Å². The van der Waals surface area contributed by atoms with Gasteiger partial charge in [0.15, 0.2) is 5.16 Å². The van der Waals surface area contributed by atoms with E-state index < -0.39 is 0 Å². The van der Waals surface area contributed by atoms with Crippen LogP contribution in [0.1, 0.15) is 36.1 Å². The zero-order valence-corrected chi connectivity index (χ0v) is 16.9. The van der Waals surface area contributed by atoms with Crippen molar-refractivity contribution < 1.29 is 14.2 Å². The SMILES string of the molecule is O=c1c2c3c(sc2nc(SC[C@H]2CCOCO2)n1C[C@@H]1CCCO1)CCC3. The molecule has 2 aliphatic heterocycles. The summed E-state index contributed by atoms with van der Waals surface area (Å²) < 4.78 is 18.6. The zero-order chi connectivity index (χ0) is 18.2. The summed E-state index contributed by atoms with van der Waals surface area (Å²) in [7, 11) is 0. The first-order valence-corrected chi connectivity index (χ1v) is 11.6. The van der Waals surface area contributed by atoms with Crippen LogP contribution in [0.4, 0.5) is 0 Å². The lowest BCUT2D eigenvalue weighted by Crippen LogP contribution is -2.30. The van der Waals surface area contributed by atoms with Gasteiger partial charge in [-0.2, -0.15) is 0 Å². The van der Waals surface area contributed by atoms with Crippen molar-refractivity contribution in [1.29, 1.82) is 0 Å². The van der Waals surface area contributed by atoms with Crippen molar-refractivity contribution >= 4 is 33.3 Å². The highest BCUT2D eigenvalue weighted by atomic mass is 32.2. The molecular weight excluding hydrogens is 384 g/mol. The molecule has 2 atom stereocenters. The van der Waals surface area contributed by atoms with Crippen LogP contribution in [0.2, 0.25) is 0 Å². The average Bonchev–Trinajstić information content (AvgIpc) is 3.40. The van der Waals surface area contributed by atoms with Crippen LogP contribution in [-0.4, -0.2) is 47.5 Å². The standard InChI is InChI=1S/C19H24N2O4S2/c22-18-16-14-4-1-5-15(14)27-17(16)20-19(21(18)9-12-3-2-7-24-12)26-10-13-6-8-23-11-25-13/h12-13H,1-11H2/t12-,13+/m0/s1. The van der Waals surface area contributed by atoms with Gasteiger partial charge in [0.1, 0.15) is 11.6 Å². The maximum atomic E-state index is 13.4. The first kappa shape index (κ1) is 18.1. The summed E-state index contributed by atoms with van der Waals surface area (Å²) in [6.45, 7) is 2.49. The highest BCUT2D eigenvalue weighted by Crippen LogP contribution is 2.36. The van der Waals surface area contributed by atoms with Crippen LogP contribution in [0.15, 0.2) is 9.95 Å². The molecule has 0 radical (unpaired) electrons. The third-order valence-corrected chi connectivity index (χ3v) is 7.86. The van der Waals surface area contributed by atoms with Crippen LogP contribution in [0.25, 0.3) is 10.2 Å². The molecule has 27 heavy (non-hydrogen) atoms. The zero-order valence-electron chi connectivity index (χ0n) is 15.3. The molecule has 6 nitrogen and oxygen atoms in total. The number of aromatic nitrogens is 2. The van der Waals surface area contributed by atoms with E-state index in [0.29, 0.717) is 13.3 Å². The maximum Gasteiger partial charge on any atom is 0.263 e. The summed E-state index contributed by atoms with van der Waals surface area (Å²) in [6, 6.07) is 0. The Morgan fingerprint density at radius 1 is 1.15 bits per heavy atom. The number of hydrogen-bond donors (Lipinski definition) is 0. The number of aryl methyl sites for hydroxylation is 2. The lowest BCUT2D eigenvalue weighted by atomic mass is 10.2. The van der Waals surface area contributed by atoms with E-state index in [4.69, 9.17) is 19.2 Å². The molecule has 0 unspecified atom stereocenters. The molecule has 0 spiro atoms. The first-order chi connectivity index (χ1) is 13.3. The van der Waals surface area contributed by atoms with Crippen molar-refractivity contribution in [1.82, 2.24) is 9.55 Å². The predicted molar refractivity (Wildman–Crippen MR) is 106 cm³/mol. The number of ether oxygens (including phenoxy) is 3. The van der Waals surface area contributed by atoms with Crippen molar-refractivity contribution in [3.05, 3.63) is 20.8 Å². The van der Waals surface area contributed by atoms with E-state index in [-0.39, 0.29) is 17.8 Å². The molecule has 1 aliphatic carbocycles. The van der Waals surface area contributed by atoms with Crippen LogP contribution < -0.4 is 5.56 Å². The monoisotopic (exact) mass is 408 g/mol. The third kappa shape index (κ3) is 3.58. The Balaban J connectivity index is 1.49.